The fraction of sp³-hybridized carbons (Fsp3) is 0. The highest BCUT2D eigenvalue weighted by Crippen LogP contribution is 2.23. The molecular weight excluding hydrogens is 394 g/mol. The molecule has 1 heterocycles. The maximum absolute atomic E-state index is 10.8. The molecule has 152 valence electrons. The number of rotatable bonds is 5. The molecule has 0 saturated heterocycles. The fourth-order valence-corrected chi connectivity index (χ4v) is 3.03. The predicted octanol–water partition coefficient (Wildman–Crippen LogP) is 5.65. The molecule has 0 aliphatic rings. The minimum atomic E-state index is -0.505. The standard InChI is InChI=1S/C24H17N3O4/c28-23(16-6-2-1-3-7-16)14-21-22(26-20-9-5-4-8-19(20)25-21)15-24(29)17-10-12-18(13-11-17)27(30)31/h1-15,28-29H/b23-14-,24-15-. The van der Waals surface area contributed by atoms with Crippen molar-refractivity contribution in [3.8, 4) is 0 Å². The molecule has 0 aliphatic heterocycles. The molecule has 0 spiro atoms. The van der Waals surface area contributed by atoms with Crippen LogP contribution in [0.25, 0.3) is 34.7 Å². The largest absolute Gasteiger partial charge is 0.507 e. The quantitative estimate of drug-likeness (QED) is 0.249. The first-order chi connectivity index (χ1) is 15.0. The molecule has 4 aromatic rings. The van der Waals surface area contributed by atoms with E-state index in [4.69, 9.17) is 0 Å². The van der Waals surface area contributed by atoms with Gasteiger partial charge in [0.25, 0.3) is 5.69 Å². The molecular formula is C24H17N3O4. The highest BCUT2D eigenvalue weighted by Gasteiger charge is 2.11. The van der Waals surface area contributed by atoms with Crippen molar-refractivity contribution < 1.29 is 15.1 Å². The third kappa shape index (κ3) is 4.40. The Kier molecular flexibility index (Phi) is 5.40. The summed E-state index contributed by atoms with van der Waals surface area (Å²) >= 11 is 0. The number of nitrogens with zero attached hydrogens (tertiary/aromatic N) is 3. The van der Waals surface area contributed by atoms with Crippen LogP contribution in [0.15, 0.2) is 78.9 Å². The highest BCUT2D eigenvalue weighted by molar-refractivity contribution is 5.86. The molecule has 1 aromatic heterocycles. The first-order valence-corrected chi connectivity index (χ1v) is 9.39. The van der Waals surface area contributed by atoms with Crippen molar-refractivity contribution >= 4 is 40.4 Å². The number of nitro groups is 1. The Bertz CT molecular complexity index is 1310. The topological polar surface area (TPSA) is 109 Å². The van der Waals surface area contributed by atoms with Crippen LogP contribution in [0.2, 0.25) is 0 Å². The van der Waals surface area contributed by atoms with Crippen molar-refractivity contribution in [3.63, 3.8) is 0 Å². The number of fused-ring (bicyclic) bond motifs is 1. The van der Waals surface area contributed by atoms with E-state index in [1.165, 1.54) is 36.4 Å². The van der Waals surface area contributed by atoms with Gasteiger partial charge in [0.2, 0.25) is 0 Å². The Morgan fingerprint density at radius 2 is 1.16 bits per heavy atom. The molecule has 0 bridgehead atoms. The SMILES string of the molecule is O=[N+]([O-])c1ccc(/C(O)=C/c2nc3ccccc3nc2/C=C(\O)c2ccccc2)cc1. The third-order valence-electron chi connectivity index (χ3n) is 4.62. The average Bonchev–Trinajstić information content (AvgIpc) is 2.80. The number of nitro benzene ring substituents is 1. The minimum Gasteiger partial charge on any atom is -0.507 e. The van der Waals surface area contributed by atoms with Gasteiger partial charge in [-0.3, -0.25) is 10.1 Å². The predicted molar refractivity (Wildman–Crippen MR) is 120 cm³/mol. The summed E-state index contributed by atoms with van der Waals surface area (Å²) in [4.78, 5) is 19.5. The molecule has 7 nitrogen and oxygen atoms in total. The van der Waals surface area contributed by atoms with Crippen LogP contribution in [-0.4, -0.2) is 25.1 Å². The van der Waals surface area contributed by atoms with Crippen LogP contribution in [0, 0.1) is 10.1 Å². The zero-order chi connectivity index (χ0) is 21.8. The van der Waals surface area contributed by atoms with Crippen molar-refractivity contribution in [1.29, 1.82) is 0 Å². The van der Waals surface area contributed by atoms with Crippen LogP contribution < -0.4 is 0 Å². The van der Waals surface area contributed by atoms with Gasteiger partial charge in [0, 0.05) is 35.4 Å². The lowest BCUT2D eigenvalue weighted by atomic mass is 10.1. The second-order valence-electron chi connectivity index (χ2n) is 6.71. The molecule has 4 rings (SSSR count). The highest BCUT2D eigenvalue weighted by atomic mass is 16.6. The van der Waals surface area contributed by atoms with E-state index in [1.807, 2.05) is 36.4 Å². The lowest BCUT2D eigenvalue weighted by molar-refractivity contribution is -0.384. The van der Waals surface area contributed by atoms with E-state index in [-0.39, 0.29) is 17.2 Å². The number of non-ortho nitro benzene ring substituents is 1. The number of aliphatic hydroxyl groups is 2. The van der Waals surface area contributed by atoms with Crippen LogP contribution in [0.5, 0.6) is 0 Å². The Balaban J connectivity index is 1.81. The molecule has 0 amide bonds. The summed E-state index contributed by atoms with van der Waals surface area (Å²) in [7, 11) is 0. The van der Waals surface area contributed by atoms with E-state index < -0.39 is 4.92 Å². The van der Waals surface area contributed by atoms with Crippen LogP contribution >= 0.6 is 0 Å². The van der Waals surface area contributed by atoms with Crippen molar-refractivity contribution in [2.24, 2.45) is 0 Å². The summed E-state index contributed by atoms with van der Waals surface area (Å²) in [6.45, 7) is 0. The maximum Gasteiger partial charge on any atom is 0.269 e. The van der Waals surface area contributed by atoms with Crippen molar-refractivity contribution in [2.75, 3.05) is 0 Å². The Morgan fingerprint density at radius 1 is 0.710 bits per heavy atom. The van der Waals surface area contributed by atoms with Gasteiger partial charge >= 0.3 is 0 Å². The number of para-hydroxylation sites is 2. The number of hydrogen-bond donors (Lipinski definition) is 2. The first-order valence-electron chi connectivity index (χ1n) is 9.39. The van der Waals surface area contributed by atoms with E-state index in [1.54, 1.807) is 18.2 Å². The lowest BCUT2D eigenvalue weighted by Gasteiger charge is -2.07. The molecule has 2 N–H and O–H groups in total. The van der Waals surface area contributed by atoms with Crippen LogP contribution in [-0.2, 0) is 0 Å². The third-order valence-corrected chi connectivity index (χ3v) is 4.62. The second kappa shape index (κ2) is 8.46. The average molecular weight is 411 g/mol. The zero-order valence-corrected chi connectivity index (χ0v) is 16.2. The minimum absolute atomic E-state index is 0.00894. The van der Waals surface area contributed by atoms with E-state index >= 15 is 0 Å². The Hall–Kier alpha value is -4.52. The normalized spacial score (nSPS) is 12.1. The Labute approximate surface area is 177 Å². The smallest absolute Gasteiger partial charge is 0.269 e. The molecule has 0 fully saturated rings. The summed E-state index contributed by atoms with van der Waals surface area (Å²) in [6, 6.07) is 21.8. The molecule has 7 heteroatoms. The molecule has 0 atom stereocenters. The molecule has 31 heavy (non-hydrogen) atoms. The first kappa shape index (κ1) is 19.8. The van der Waals surface area contributed by atoms with Gasteiger partial charge in [-0.25, -0.2) is 9.97 Å². The van der Waals surface area contributed by atoms with Gasteiger partial charge in [-0.15, -0.1) is 0 Å². The summed E-state index contributed by atoms with van der Waals surface area (Å²) < 4.78 is 0. The molecule has 3 aromatic carbocycles. The van der Waals surface area contributed by atoms with E-state index in [2.05, 4.69) is 9.97 Å². The summed E-state index contributed by atoms with van der Waals surface area (Å²) in [6.07, 6.45) is 2.91. The maximum atomic E-state index is 10.8. The summed E-state index contributed by atoms with van der Waals surface area (Å²) in [5, 5.41) is 32.0. The van der Waals surface area contributed by atoms with Crippen molar-refractivity contribution in [1.82, 2.24) is 9.97 Å². The van der Waals surface area contributed by atoms with Gasteiger partial charge < -0.3 is 10.2 Å². The van der Waals surface area contributed by atoms with Gasteiger partial charge in [0.05, 0.1) is 27.3 Å². The zero-order valence-electron chi connectivity index (χ0n) is 16.2. The summed E-state index contributed by atoms with van der Waals surface area (Å²) in [5.41, 5.74) is 2.92. The molecule has 0 saturated carbocycles. The van der Waals surface area contributed by atoms with Crippen LogP contribution in [0.4, 0.5) is 5.69 Å². The monoisotopic (exact) mass is 411 g/mol. The van der Waals surface area contributed by atoms with E-state index in [0.717, 1.165) is 0 Å². The molecule has 0 aliphatic carbocycles. The van der Waals surface area contributed by atoms with Gasteiger partial charge in [-0.1, -0.05) is 42.5 Å². The van der Waals surface area contributed by atoms with E-state index in [0.29, 0.717) is 33.5 Å². The number of hydrogen-bond acceptors (Lipinski definition) is 6. The van der Waals surface area contributed by atoms with Crippen LogP contribution in [0.3, 0.4) is 0 Å². The molecule has 0 radical (unpaired) electrons. The van der Waals surface area contributed by atoms with Crippen LogP contribution in [0.1, 0.15) is 22.5 Å². The van der Waals surface area contributed by atoms with Gasteiger partial charge in [0.15, 0.2) is 0 Å². The number of aliphatic hydroxyl groups excluding tert-OH is 2. The Morgan fingerprint density at radius 3 is 1.65 bits per heavy atom. The van der Waals surface area contributed by atoms with Gasteiger partial charge in [0.1, 0.15) is 11.5 Å². The van der Waals surface area contributed by atoms with E-state index in [9.17, 15) is 20.3 Å². The van der Waals surface area contributed by atoms with Gasteiger partial charge in [-0.05, 0) is 24.3 Å². The second-order valence-corrected chi connectivity index (χ2v) is 6.71. The number of benzene rings is 3. The van der Waals surface area contributed by atoms with Gasteiger partial charge in [-0.2, -0.15) is 0 Å². The summed E-state index contributed by atoms with van der Waals surface area (Å²) in [5.74, 6) is -0.122. The van der Waals surface area contributed by atoms with Crippen molar-refractivity contribution in [3.05, 3.63) is 111 Å². The van der Waals surface area contributed by atoms with Crippen molar-refractivity contribution in [2.45, 2.75) is 0 Å². The number of aromatic nitrogens is 2. The fourth-order valence-electron chi connectivity index (χ4n) is 3.03. The lowest BCUT2D eigenvalue weighted by Crippen LogP contribution is -1.96. The molecule has 0 unspecified atom stereocenters.